The summed E-state index contributed by atoms with van der Waals surface area (Å²) in [7, 11) is 0. The van der Waals surface area contributed by atoms with Crippen LogP contribution in [0.1, 0.15) is 27.2 Å². The first-order valence-electron chi connectivity index (χ1n) is 5.73. The summed E-state index contributed by atoms with van der Waals surface area (Å²) in [4.78, 5) is 4.28. The van der Waals surface area contributed by atoms with Gasteiger partial charge in [0, 0.05) is 25.1 Å². The van der Waals surface area contributed by atoms with E-state index in [4.69, 9.17) is 10.5 Å². The average Bonchev–Trinajstić information content (AvgIpc) is 2.67. The van der Waals surface area contributed by atoms with Crippen LogP contribution in [0.4, 0.5) is 0 Å². The Kier molecular flexibility index (Phi) is 4.88. The normalized spacial score (nSPS) is 24.5. The van der Waals surface area contributed by atoms with Crippen molar-refractivity contribution in [3.05, 3.63) is 0 Å². The highest BCUT2D eigenvalue weighted by Gasteiger charge is 2.22. The Balaban J connectivity index is 2.29. The van der Waals surface area contributed by atoms with E-state index in [2.05, 4.69) is 31.1 Å². The summed E-state index contributed by atoms with van der Waals surface area (Å²) in [5.41, 5.74) is 5.79. The van der Waals surface area contributed by atoms with Crippen LogP contribution in [0.25, 0.3) is 0 Å². The van der Waals surface area contributed by atoms with Crippen LogP contribution in [0.15, 0.2) is 4.99 Å². The lowest BCUT2D eigenvalue weighted by Gasteiger charge is -2.19. The third-order valence-electron chi connectivity index (χ3n) is 2.67. The fourth-order valence-electron chi connectivity index (χ4n) is 1.62. The number of nitrogens with two attached hydrogens (primary N) is 1. The Hall–Kier alpha value is -0.770. The largest absolute Gasteiger partial charge is 0.381 e. The summed E-state index contributed by atoms with van der Waals surface area (Å²) in [6.07, 6.45) is 1.12. The third kappa shape index (κ3) is 4.51. The molecule has 3 N–H and O–H groups in total. The highest BCUT2D eigenvalue weighted by molar-refractivity contribution is 5.78. The van der Waals surface area contributed by atoms with Gasteiger partial charge in [-0.2, -0.15) is 0 Å². The van der Waals surface area contributed by atoms with E-state index in [-0.39, 0.29) is 0 Å². The molecule has 1 fully saturated rings. The highest BCUT2D eigenvalue weighted by Crippen LogP contribution is 2.15. The van der Waals surface area contributed by atoms with Crippen molar-refractivity contribution in [3.8, 4) is 0 Å². The molecule has 1 heterocycles. The summed E-state index contributed by atoms with van der Waals surface area (Å²) in [6, 6.07) is 0.350. The average molecular weight is 213 g/mol. The molecule has 0 spiro atoms. The fraction of sp³-hybridized carbons (Fsp3) is 0.909. The molecule has 0 aromatic rings. The van der Waals surface area contributed by atoms with Gasteiger partial charge in [0.1, 0.15) is 0 Å². The fourth-order valence-corrected chi connectivity index (χ4v) is 1.62. The third-order valence-corrected chi connectivity index (χ3v) is 2.67. The number of aliphatic imine (C=N–C) groups is 1. The van der Waals surface area contributed by atoms with E-state index in [1.165, 1.54) is 0 Å². The van der Waals surface area contributed by atoms with Crippen molar-refractivity contribution >= 4 is 5.96 Å². The molecule has 4 nitrogen and oxygen atoms in total. The summed E-state index contributed by atoms with van der Waals surface area (Å²) in [6.45, 7) is 8.89. The summed E-state index contributed by atoms with van der Waals surface area (Å²) in [5.74, 6) is 1.68. The number of nitrogens with zero attached hydrogens (tertiary/aromatic N) is 1. The summed E-state index contributed by atoms with van der Waals surface area (Å²) in [5, 5.41) is 3.22. The smallest absolute Gasteiger partial charge is 0.188 e. The maximum Gasteiger partial charge on any atom is 0.188 e. The molecule has 15 heavy (non-hydrogen) atoms. The van der Waals surface area contributed by atoms with Gasteiger partial charge in [0.15, 0.2) is 5.96 Å². The standard InChI is InChI=1S/C11H23N3O/c1-8(2)6-13-11(12)14-9(3)10-4-5-15-7-10/h8-10H,4-7H2,1-3H3,(H3,12,13,14). The van der Waals surface area contributed by atoms with Crippen LogP contribution in [0.5, 0.6) is 0 Å². The van der Waals surface area contributed by atoms with Crippen molar-refractivity contribution in [2.75, 3.05) is 19.8 Å². The zero-order valence-electron chi connectivity index (χ0n) is 9.99. The molecule has 0 radical (unpaired) electrons. The monoisotopic (exact) mass is 213 g/mol. The quantitative estimate of drug-likeness (QED) is 0.540. The maximum absolute atomic E-state index is 5.79. The molecular weight excluding hydrogens is 190 g/mol. The minimum atomic E-state index is 0.350. The Morgan fingerprint density at radius 3 is 2.80 bits per heavy atom. The van der Waals surface area contributed by atoms with E-state index in [9.17, 15) is 0 Å². The number of hydrogen-bond acceptors (Lipinski definition) is 2. The molecule has 1 saturated heterocycles. The molecule has 0 amide bonds. The molecule has 1 aliphatic heterocycles. The van der Waals surface area contributed by atoms with Gasteiger partial charge in [-0.1, -0.05) is 13.8 Å². The molecule has 88 valence electrons. The zero-order valence-corrected chi connectivity index (χ0v) is 9.99. The van der Waals surface area contributed by atoms with E-state index >= 15 is 0 Å². The molecule has 0 aromatic heterocycles. The van der Waals surface area contributed by atoms with Crippen LogP contribution >= 0.6 is 0 Å². The van der Waals surface area contributed by atoms with Gasteiger partial charge in [-0.15, -0.1) is 0 Å². The Labute approximate surface area is 92.3 Å². The molecule has 0 saturated carbocycles. The van der Waals surface area contributed by atoms with E-state index in [0.29, 0.717) is 23.8 Å². The molecule has 2 atom stereocenters. The van der Waals surface area contributed by atoms with E-state index in [0.717, 1.165) is 26.2 Å². The van der Waals surface area contributed by atoms with Crippen LogP contribution in [-0.4, -0.2) is 31.8 Å². The second-order valence-corrected chi connectivity index (χ2v) is 4.68. The van der Waals surface area contributed by atoms with Gasteiger partial charge in [0.2, 0.25) is 0 Å². The summed E-state index contributed by atoms with van der Waals surface area (Å²) >= 11 is 0. The van der Waals surface area contributed by atoms with Gasteiger partial charge in [-0.25, -0.2) is 0 Å². The topological polar surface area (TPSA) is 59.6 Å². The van der Waals surface area contributed by atoms with Crippen molar-refractivity contribution in [1.29, 1.82) is 0 Å². The Morgan fingerprint density at radius 2 is 2.27 bits per heavy atom. The lowest BCUT2D eigenvalue weighted by molar-refractivity contribution is 0.180. The SMILES string of the molecule is CC(C)CN=C(N)NC(C)C1CCOC1. The number of rotatable bonds is 4. The van der Waals surface area contributed by atoms with Crippen LogP contribution in [0.3, 0.4) is 0 Å². The second-order valence-electron chi connectivity index (χ2n) is 4.68. The first kappa shape index (κ1) is 12.3. The summed E-state index contributed by atoms with van der Waals surface area (Å²) < 4.78 is 5.34. The van der Waals surface area contributed by atoms with Crippen molar-refractivity contribution in [1.82, 2.24) is 5.32 Å². The van der Waals surface area contributed by atoms with Gasteiger partial charge in [-0.05, 0) is 19.3 Å². The van der Waals surface area contributed by atoms with E-state index in [1.54, 1.807) is 0 Å². The molecule has 4 heteroatoms. The molecule has 1 aliphatic rings. The number of hydrogen-bond donors (Lipinski definition) is 2. The van der Waals surface area contributed by atoms with Crippen LogP contribution in [0, 0.1) is 11.8 Å². The number of guanidine groups is 1. The minimum Gasteiger partial charge on any atom is -0.381 e. The van der Waals surface area contributed by atoms with Crippen molar-refractivity contribution < 1.29 is 4.74 Å². The first-order valence-corrected chi connectivity index (χ1v) is 5.73. The van der Waals surface area contributed by atoms with E-state index < -0.39 is 0 Å². The van der Waals surface area contributed by atoms with Crippen LogP contribution in [0.2, 0.25) is 0 Å². The van der Waals surface area contributed by atoms with Gasteiger partial charge in [-0.3, -0.25) is 4.99 Å². The molecule has 1 rings (SSSR count). The second kappa shape index (κ2) is 5.95. The van der Waals surface area contributed by atoms with Gasteiger partial charge in [0.25, 0.3) is 0 Å². The molecular formula is C11H23N3O. The lowest BCUT2D eigenvalue weighted by Crippen LogP contribution is -2.42. The maximum atomic E-state index is 5.79. The lowest BCUT2D eigenvalue weighted by atomic mass is 10.0. The Morgan fingerprint density at radius 1 is 1.53 bits per heavy atom. The number of nitrogens with one attached hydrogen (secondary N) is 1. The first-order chi connectivity index (χ1) is 7.09. The predicted octanol–water partition coefficient (Wildman–Crippen LogP) is 0.972. The predicted molar refractivity (Wildman–Crippen MR) is 62.9 cm³/mol. The Bertz CT molecular complexity index is 210. The van der Waals surface area contributed by atoms with Gasteiger partial charge in [0.05, 0.1) is 6.61 Å². The minimum absolute atomic E-state index is 0.350. The molecule has 0 aliphatic carbocycles. The van der Waals surface area contributed by atoms with Crippen molar-refractivity contribution in [2.45, 2.75) is 33.2 Å². The van der Waals surface area contributed by atoms with Crippen molar-refractivity contribution in [3.63, 3.8) is 0 Å². The van der Waals surface area contributed by atoms with E-state index in [1.807, 2.05) is 0 Å². The highest BCUT2D eigenvalue weighted by atomic mass is 16.5. The molecule has 0 bridgehead atoms. The zero-order chi connectivity index (χ0) is 11.3. The molecule has 0 aromatic carbocycles. The van der Waals surface area contributed by atoms with Crippen molar-refractivity contribution in [2.24, 2.45) is 22.6 Å². The van der Waals surface area contributed by atoms with Crippen LogP contribution in [-0.2, 0) is 4.74 Å². The molecule has 2 unspecified atom stereocenters. The van der Waals surface area contributed by atoms with Gasteiger partial charge < -0.3 is 15.8 Å². The number of ether oxygens (including phenoxy) is 1. The van der Waals surface area contributed by atoms with Gasteiger partial charge >= 0.3 is 0 Å². The van der Waals surface area contributed by atoms with Crippen LogP contribution < -0.4 is 11.1 Å².